The van der Waals surface area contributed by atoms with Gasteiger partial charge in [-0.2, -0.15) is 0 Å². The predicted octanol–water partition coefficient (Wildman–Crippen LogP) is 1.51. The van der Waals surface area contributed by atoms with Crippen LogP contribution < -0.4 is 0 Å². The monoisotopic (exact) mass is 150 g/mol. The minimum absolute atomic E-state index is 1.30. The topological polar surface area (TPSA) is 0 Å². The van der Waals surface area contributed by atoms with Crippen molar-refractivity contribution in [2.45, 2.75) is 32.1 Å². The summed E-state index contributed by atoms with van der Waals surface area (Å²) in [6.45, 7) is 0. The lowest BCUT2D eigenvalue weighted by Gasteiger charge is -2.15. The highest BCUT2D eigenvalue weighted by atomic mass is 28.1. The lowest BCUT2D eigenvalue weighted by molar-refractivity contribution is 0.682. The van der Waals surface area contributed by atoms with Crippen molar-refractivity contribution in [3.63, 3.8) is 0 Å². The maximum atomic E-state index is 2.46. The minimum atomic E-state index is 1.30. The molecule has 10 heavy (non-hydrogen) atoms. The van der Waals surface area contributed by atoms with E-state index in [2.05, 4.69) is 6.08 Å². The van der Waals surface area contributed by atoms with Crippen molar-refractivity contribution in [2.75, 3.05) is 0 Å². The van der Waals surface area contributed by atoms with Crippen LogP contribution in [0.2, 0.25) is 0 Å². The van der Waals surface area contributed by atoms with Crippen LogP contribution in [-0.4, -0.2) is 10.2 Å². The third kappa shape index (κ3) is 0.890. The van der Waals surface area contributed by atoms with Crippen molar-refractivity contribution in [1.82, 2.24) is 0 Å². The van der Waals surface area contributed by atoms with Crippen LogP contribution in [0.1, 0.15) is 32.1 Å². The molecule has 0 bridgehead atoms. The average molecular weight is 150 g/mol. The summed E-state index contributed by atoms with van der Waals surface area (Å²) in [5.74, 6) is 0. The molecular weight excluding hydrogens is 136 g/mol. The van der Waals surface area contributed by atoms with Gasteiger partial charge in [-0.1, -0.05) is 16.8 Å². The molecule has 0 aromatic heterocycles. The van der Waals surface area contributed by atoms with Crippen molar-refractivity contribution in [3.05, 3.63) is 22.4 Å². The Morgan fingerprint density at radius 2 is 2.00 bits per heavy atom. The summed E-state index contributed by atoms with van der Waals surface area (Å²) in [7, 11) is 1.30. The normalized spacial score (nSPS) is 25.0. The van der Waals surface area contributed by atoms with Crippen LogP contribution in [-0.2, 0) is 0 Å². The highest BCUT2D eigenvalue weighted by molar-refractivity contribution is 6.23. The molecule has 0 aromatic carbocycles. The first-order valence-corrected chi connectivity index (χ1v) is 5.26. The van der Waals surface area contributed by atoms with Crippen LogP contribution in [0.15, 0.2) is 22.4 Å². The second kappa shape index (κ2) is 2.39. The molecule has 0 unspecified atom stereocenters. The van der Waals surface area contributed by atoms with E-state index < -0.39 is 0 Å². The number of fused-ring (bicyclic) bond motifs is 1. The van der Waals surface area contributed by atoms with Gasteiger partial charge in [-0.25, -0.2) is 0 Å². The summed E-state index contributed by atoms with van der Waals surface area (Å²) in [6, 6.07) is 0. The summed E-state index contributed by atoms with van der Waals surface area (Å²) < 4.78 is 0. The van der Waals surface area contributed by atoms with Crippen LogP contribution in [0.5, 0.6) is 0 Å². The molecule has 0 N–H and O–H groups in total. The summed E-state index contributed by atoms with van der Waals surface area (Å²) in [5, 5.41) is 1.77. The first kappa shape index (κ1) is 6.41. The smallest absolute Gasteiger partial charge is 0.0340 e. The summed E-state index contributed by atoms with van der Waals surface area (Å²) in [4.78, 5) is 0. The molecule has 0 saturated heterocycles. The Hall–Kier alpha value is -0.303. The second-order valence-corrected chi connectivity index (χ2v) is 4.61. The number of hydrogen-bond donors (Lipinski definition) is 0. The van der Waals surface area contributed by atoms with E-state index in [1.165, 1.54) is 42.3 Å². The van der Waals surface area contributed by atoms with Gasteiger partial charge in [0.2, 0.25) is 0 Å². The van der Waals surface area contributed by atoms with Crippen LogP contribution in [0.4, 0.5) is 0 Å². The van der Waals surface area contributed by atoms with E-state index in [1.54, 1.807) is 16.3 Å². The Morgan fingerprint density at radius 1 is 1.20 bits per heavy atom. The fourth-order valence-electron chi connectivity index (χ4n) is 2.04. The Labute approximate surface area is 65.4 Å². The fraction of sp³-hybridized carbons (Fsp3) is 0.556. The van der Waals surface area contributed by atoms with E-state index in [1.807, 2.05) is 0 Å². The standard InChI is InChI=1S/C9H14Si/c10-9-6-5-7-3-1-2-4-8(7)9/h5H,1-4,6H2,10H3. The molecule has 1 heteroatoms. The van der Waals surface area contributed by atoms with Gasteiger partial charge >= 0.3 is 0 Å². The molecule has 0 aliphatic heterocycles. The Kier molecular flexibility index (Phi) is 1.53. The second-order valence-electron chi connectivity index (χ2n) is 3.40. The van der Waals surface area contributed by atoms with Crippen molar-refractivity contribution < 1.29 is 0 Å². The lowest BCUT2D eigenvalue weighted by Crippen LogP contribution is -1.97. The first-order chi connectivity index (χ1) is 4.88. The molecule has 2 aliphatic carbocycles. The largest absolute Gasteiger partial charge is 0.0847 e. The van der Waals surface area contributed by atoms with Gasteiger partial charge in [-0.3, -0.25) is 0 Å². The molecule has 2 aliphatic rings. The summed E-state index contributed by atoms with van der Waals surface area (Å²) >= 11 is 0. The maximum absolute atomic E-state index is 2.46. The van der Waals surface area contributed by atoms with Crippen LogP contribution in [0, 0.1) is 0 Å². The van der Waals surface area contributed by atoms with Crippen molar-refractivity contribution >= 4 is 10.2 Å². The van der Waals surface area contributed by atoms with Crippen molar-refractivity contribution in [1.29, 1.82) is 0 Å². The van der Waals surface area contributed by atoms with E-state index in [-0.39, 0.29) is 0 Å². The number of hydrogen-bond acceptors (Lipinski definition) is 0. The summed E-state index contributed by atoms with van der Waals surface area (Å²) in [5.41, 5.74) is 3.47. The van der Waals surface area contributed by atoms with Crippen LogP contribution in [0.3, 0.4) is 0 Å². The fourth-order valence-corrected chi connectivity index (χ4v) is 2.82. The molecule has 1 saturated carbocycles. The van der Waals surface area contributed by atoms with Gasteiger partial charge in [-0.05, 0) is 37.7 Å². The molecule has 0 nitrogen and oxygen atoms in total. The van der Waals surface area contributed by atoms with Crippen LogP contribution >= 0.6 is 0 Å². The molecule has 0 atom stereocenters. The van der Waals surface area contributed by atoms with E-state index in [9.17, 15) is 0 Å². The average Bonchev–Trinajstić information content (AvgIpc) is 2.34. The molecule has 54 valence electrons. The van der Waals surface area contributed by atoms with Gasteiger partial charge in [0, 0.05) is 10.2 Å². The molecule has 0 aromatic rings. The zero-order valence-corrected chi connectivity index (χ0v) is 8.61. The van der Waals surface area contributed by atoms with Crippen molar-refractivity contribution in [3.8, 4) is 0 Å². The molecule has 0 spiro atoms. The molecule has 0 amide bonds. The SMILES string of the molecule is [SiH3]C1=C2CCCCC2=CC1. The third-order valence-electron chi connectivity index (χ3n) is 2.68. The van der Waals surface area contributed by atoms with E-state index in [0.717, 1.165) is 0 Å². The first-order valence-electron chi connectivity index (χ1n) is 4.26. The van der Waals surface area contributed by atoms with Gasteiger partial charge in [-0.15, -0.1) is 0 Å². The Bertz CT molecular complexity index is 211. The third-order valence-corrected chi connectivity index (χ3v) is 3.69. The Morgan fingerprint density at radius 3 is 2.80 bits per heavy atom. The van der Waals surface area contributed by atoms with E-state index in [4.69, 9.17) is 0 Å². The van der Waals surface area contributed by atoms with Gasteiger partial charge in [0.25, 0.3) is 0 Å². The number of allylic oxidation sites excluding steroid dienone is 4. The molecule has 2 rings (SSSR count). The minimum Gasteiger partial charge on any atom is -0.0847 e. The summed E-state index contributed by atoms with van der Waals surface area (Å²) in [6.07, 6.45) is 9.40. The van der Waals surface area contributed by atoms with Gasteiger partial charge in [0.1, 0.15) is 0 Å². The quantitative estimate of drug-likeness (QED) is 0.459. The van der Waals surface area contributed by atoms with Gasteiger partial charge in [0.05, 0.1) is 0 Å². The van der Waals surface area contributed by atoms with Crippen LogP contribution in [0.25, 0.3) is 0 Å². The zero-order chi connectivity index (χ0) is 6.97. The molecule has 0 heterocycles. The van der Waals surface area contributed by atoms with Crippen molar-refractivity contribution in [2.24, 2.45) is 0 Å². The van der Waals surface area contributed by atoms with E-state index in [0.29, 0.717) is 0 Å². The highest BCUT2D eigenvalue weighted by Gasteiger charge is 2.17. The van der Waals surface area contributed by atoms with Gasteiger partial charge in [0.15, 0.2) is 0 Å². The molecule has 1 fully saturated rings. The Balaban J connectivity index is 2.29. The molecular formula is C9H14Si. The predicted molar refractivity (Wildman–Crippen MR) is 48.1 cm³/mol. The highest BCUT2D eigenvalue weighted by Crippen LogP contribution is 2.35. The lowest BCUT2D eigenvalue weighted by atomic mass is 9.92. The zero-order valence-electron chi connectivity index (χ0n) is 6.61. The van der Waals surface area contributed by atoms with E-state index >= 15 is 0 Å². The molecule has 0 radical (unpaired) electrons. The maximum Gasteiger partial charge on any atom is 0.0340 e. The van der Waals surface area contributed by atoms with Gasteiger partial charge < -0.3 is 0 Å². The number of rotatable bonds is 0.